The van der Waals surface area contributed by atoms with Crippen molar-refractivity contribution in [3.8, 4) is 0 Å². The number of carbonyl (C=O) groups excluding carboxylic acids is 2. The van der Waals surface area contributed by atoms with E-state index >= 15 is 0 Å². The van der Waals surface area contributed by atoms with Crippen LogP contribution in [-0.2, 0) is 17.8 Å². The topological polar surface area (TPSA) is 70.2 Å². The molecule has 0 aliphatic carbocycles. The number of urea groups is 1. The number of hydrazine groups is 1. The summed E-state index contributed by atoms with van der Waals surface area (Å²) in [6.45, 7) is 0.404. The van der Waals surface area contributed by atoms with Gasteiger partial charge in [0.05, 0.1) is 6.42 Å². The second kappa shape index (κ2) is 7.69. The summed E-state index contributed by atoms with van der Waals surface area (Å²) in [4.78, 5) is 23.2. The van der Waals surface area contributed by atoms with E-state index in [-0.39, 0.29) is 12.3 Å². The van der Waals surface area contributed by atoms with Crippen molar-refractivity contribution in [2.45, 2.75) is 13.0 Å². The molecular weight excluding hydrogens is 266 g/mol. The first-order chi connectivity index (χ1) is 10.2. The van der Waals surface area contributed by atoms with Gasteiger partial charge < -0.3 is 5.32 Å². The lowest BCUT2D eigenvalue weighted by atomic mass is 10.1. The van der Waals surface area contributed by atoms with E-state index in [2.05, 4.69) is 16.2 Å². The molecule has 0 heterocycles. The first-order valence-corrected chi connectivity index (χ1v) is 6.64. The van der Waals surface area contributed by atoms with E-state index in [1.165, 1.54) is 0 Å². The minimum absolute atomic E-state index is 0.222. The molecule has 2 aromatic carbocycles. The predicted molar refractivity (Wildman–Crippen MR) is 80.1 cm³/mol. The monoisotopic (exact) mass is 283 g/mol. The van der Waals surface area contributed by atoms with Gasteiger partial charge >= 0.3 is 6.03 Å². The van der Waals surface area contributed by atoms with Gasteiger partial charge in [0.15, 0.2) is 0 Å². The molecule has 0 aromatic heterocycles. The first kappa shape index (κ1) is 14.6. The number of amides is 3. The summed E-state index contributed by atoms with van der Waals surface area (Å²) >= 11 is 0. The van der Waals surface area contributed by atoms with Crippen molar-refractivity contribution in [2.24, 2.45) is 0 Å². The van der Waals surface area contributed by atoms with Gasteiger partial charge in [0.25, 0.3) is 0 Å². The van der Waals surface area contributed by atoms with Crippen LogP contribution in [0.5, 0.6) is 0 Å². The summed E-state index contributed by atoms with van der Waals surface area (Å²) in [5, 5.41) is 2.65. The van der Waals surface area contributed by atoms with Gasteiger partial charge in [-0.3, -0.25) is 10.2 Å². The zero-order valence-corrected chi connectivity index (χ0v) is 11.5. The molecule has 3 amide bonds. The van der Waals surface area contributed by atoms with Gasteiger partial charge in [0, 0.05) is 6.54 Å². The fraction of sp³-hybridized carbons (Fsp3) is 0.125. The average Bonchev–Trinajstić information content (AvgIpc) is 2.53. The van der Waals surface area contributed by atoms with Crippen LogP contribution in [0.2, 0.25) is 0 Å². The number of hydrogen-bond acceptors (Lipinski definition) is 2. The Bertz CT molecular complexity index is 585. The number of benzene rings is 2. The highest BCUT2D eigenvalue weighted by Gasteiger charge is 2.05. The Morgan fingerprint density at radius 2 is 1.33 bits per heavy atom. The maximum atomic E-state index is 11.6. The van der Waals surface area contributed by atoms with Crippen LogP contribution in [0.25, 0.3) is 0 Å². The first-order valence-electron chi connectivity index (χ1n) is 6.64. The average molecular weight is 283 g/mol. The fourth-order valence-electron chi connectivity index (χ4n) is 1.77. The van der Waals surface area contributed by atoms with E-state index in [9.17, 15) is 9.59 Å². The Hall–Kier alpha value is -2.82. The van der Waals surface area contributed by atoms with Crippen molar-refractivity contribution in [1.82, 2.24) is 16.2 Å². The van der Waals surface area contributed by atoms with Crippen molar-refractivity contribution in [3.05, 3.63) is 71.8 Å². The van der Waals surface area contributed by atoms with Crippen LogP contribution >= 0.6 is 0 Å². The Kier molecular flexibility index (Phi) is 5.34. The van der Waals surface area contributed by atoms with Crippen LogP contribution < -0.4 is 16.2 Å². The quantitative estimate of drug-likeness (QED) is 0.748. The second-order valence-corrected chi connectivity index (χ2v) is 4.50. The second-order valence-electron chi connectivity index (χ2n) is 4.50. The third-order valence-corrected chi connectivity index (χ3v) is 2.82. The standard InChI is InChI=1S/C16H17N3O2/c20-15(11-13-7-3-1-4-8-13)18-19-16(21)17-12-14-9-5-2-6-10-14/h1-10H,11-12H2,(H,18,20)(H2,17,19,21). The Labute approximate surface area is 123 Å². The molecule has 0 fully saturated rings. The molecule has 0 saturated carbocycles. The molecular formula is C16H17N3O2. The summed E-state index contributed by atoms with van der Waals surface area (Å²) in [6.07, 6.45) is 0.222. The number of hydrogen-bond donors (Lipinski definition) is 3. The summed E-state index contributed by atoms with van der Waals surface area (Å²) in [6, 6.07) is 18.4. The Balaban J connectivity index is 1.68. The maximum absolute atomic E-state index is 11.6. The van der Waals surface area contributed by atoms with E-state index < -0.39 is 6.03 Å². The van der Waals surface area contributed by atoms with Crippen LogP contribution in [0.4, 0.5) is 4.79 Å². The summed E-state index contributed by atoms with van der Waals surface area (Å²) in [7, 11) is 0. The molecule has 3 N–H and O–H groups in total. The molecule has 0 spiro atoms. The SMILES string of the molecule is O=C(Cc1ccccc1)NNC(=O)NCc1ccccc1. The van der Waals surface area contributed by atoms with E-state index in [0.29, 0.717) is 6.54 Å². The van der Waals surface area contributed by atoms with Gasteiger partial charge in [-0.2, -0.15) is 0 Å². The Morgan fingerprint density at radius 3 is 1.95 bits per heavy atom. The highest BCUT2D eigenvalue weighted by atomic mass is 16.2. The number of nitrogens with one attached hydrogen (secondary N) is 3. The van der Waals surface area contributed by atoms with E-state index in [1.54, 1.807) is 0 Å². The zero-order chi connectivity index (χ0) is 14.9. The highest BCUT2D eigenvalue weighted by molar-refractivity contribution is 5.82. The molecule has 2 rings (SSSR count). The van der Waals surface area contributed by atoms with Crippen LogP contribution in [0.1, 0.15) is 11.1 Å². The minimum Gasteiger partial charge on any atom is -0.333 e. The lowest BCUT2D eigenvalue weighted by molar-refractivity contribution is -0.121. The molecule has 0 aliphatic rings. The maximum Gasteiger partial charge on any atom is 0.333 e. The van der Waals surface area contributed by atoms with Crippen LogP contribution in [0.15, 0.2) is 60.7 Å². The molecule has 0 radical (unpaired) electrons. The lowest BCUT2D eigenvalue weighted by Gasteiger charge is -2.09. The predicted octanol–water partition coefficient (Wildman–Crippen LogP) is 1.76. The van der Waals surface area contributed by atoms with Gasteiger partial charge in [-0.05, 0) is 11.1 Å². The number of rotatable bonds is 4. The third kappa shape index (κ3) is 5.36. The van der Waals surface area contributed by atoms with Gasteiger partial charge in [-0.25, -0.2) is 10.2 Å². The Morgan fingerprint density at radius 1 is 0.762 bits per heavy atom. The molecule has 0 saturated heterocycles. The summed E-state index contributed by atoms with van der Waals surface area (Å²) in [5.41, 5.74) is 6.57. The van der Waals surface area contributed by atoms with E-state index in [0.717, 1.165) is 11.1 Å². The summed E-state index contributed by atoms with van der Waals surface area (Å²) < 4.78 is 0. The molecule has 5 nitrogen and oxygen atoms in total. The molecule has 2 aromatic rings. The number of carbonyl (C=O) groups is 2. The van der Waals surface area contributed by atoms with Crippen LogP contribution in [0.3, 0.4) is 0 Å². The highest BCUT2D eigenvalue weighted by Crippen LogP contribution is 1.99. The van der Waals surface area contributed by atoms with Gasteiger partial charge in [-0.1, -0.05) is 60.7 Å². The van der Waals surface area contributed by atoms with Crippen molar-refractivity contribution in [2.75, 3.05) is 0 Å². The molecule has 0 bridgehead atoms. The van der Waals surface area contributed by atoms with Crippen LogP contribution in [0, 0.1) is 0 Å². The summed E-state index contributed by atoms with van der Waals surface area (Å²) in [5.74, 6) is -0.268. The van der Waals surface area contributed by atoms with E-state index in [4.69, 9.17) is 0 Å². The van der Waals surface area contributed by atoms with Gasteiger partial charge in [0.1, 0.15) is 0 Å². The molecule has 5 heteroatoms. The lowest BCUT2D eigenvalue weighted by Crippen LogP contribution is -2.47. The van der Waals surface area contributed by atoms with Gasteiger partial charge in [0.2, 0.25) is 5.91 Å². The minimum atomic E-state index is -0.444. The normalized spacial score (nSPS) is 9.71. The van der Waals surface area contributed by atoms with Crippen molar-refractivity contribution >= 4 is 11.9 Å². The molecule has 0 unspecified atom stereocenters. The van der Waals surface area contributed by atoms with Gasteiger partial charge in [-0.15, -0.1) is 0 Å². The zero-order valence-electron chi connectivity index (χ0n) is 11.5. The van der Waals surface area contributed by atoms with Crippen molar-refractivity contribution in [1.29, 1.82) is 0 Å². The molecule has 21 heavy (non-hydrogen) atoms. The van der Waals surface area contributed by atoms with Crippen LogP contribution in [-0.4, -0.2) is 11.9 Å². The van der Waals surface area contributed by atoms with Crippen molar-refractivity contribution < 1.29 is 9.59 Å². The largest absolute Gasteiger partial charge is 0.333 e. The fourth-order valence-corrected chi connectivity index (χ4v) is 1.77. The van der Waals surface area contributed by atoms with E-state index in [1.807, 2.05) is 60.7 Å². The molecule has 0 atom stereocenters. The molecule has 0 aliphatic heterocycles. The smallest absolute Gasteiger partial charge is 0.333 e. The van der Waals surface area contributed by atoms with Crippen molar-refractivity contribution in [3.63, 3.8) is 0 Å². The third-order valence-electron chi connectivity index (χ3n) is 2.82. The molecule has 108 valence electrons.